The Bertz CT molecular complexity index is 3030. The maximum Gasteiger partial charge on any atom is 0.171 e. The molecule has 2 heterocycles. The van der Waals surface area contributed by atoms with Crippen LogP contribution >= 0.6 is 7.14 Å². The smallest absolute Gasteiger partial charge is 0.171 e. The molecule has 0 saturated heterocycles. The molecule has 5 heteroatoms. The zero-order valence-electron chi connectivity index (χ0n) is 30.3. The average Bonchev–Trinajstić information content (AvgIpc) is 3.29. The first kappa shape index (κ1) is 33.6. The topological polar surface area (TPSA) is 55.7 Å². The minimum absolute atomic E-state index is 0.621. The fourth-order valence-corrected chi connectivity index (χ4v) is 10.5. The number of benzene rings is 8. The molecule has 0 saturated carbocycles. The van der Waals surface area contributed by atoms with Crippen LogP contribution in [0.1, 0.15) is 0 Å². The van der Waals surface area contributed by atoms with Gasteiger partial charge in [-0.25, -0.2) is 15.0 Å². The van der Waals surface area contributed by atoms with Crippen molar-refractivity contribution in [1.29, 1.82) is 0 Å². The van der Waals surface area contributed by atoms with E-state index in [0.717, 1.165) is 65.7 Å². The van der Waals surface area contributed by atoms with Crippen molar-refractivity contribution in [3.63, 3.8) is 0 Å². The summed E-state index contributed by atoms with van der Waals surface area (Å²) < 4.78 is 14.8. The van der Waals surface area contributed by atoms with Crippen molar-refractivity contribution in [3.8, 4) is 44.9 Å². The van der Waals surface area contributed by atoms with Crippen LogP contribution in [0.5, 0.6) is 0 Å². The van der Waals surface area contributed by atoms with E-state index < -0.39 is 7.14 Å². The zero-order chi connectivity index (χ0) is 37.5. The molecule has 0 radical (unpaired) electrons. The van der Waals surface area contributed by atoms with Crippen molar-refractivity contribution >= 4 is 55.5 Å². The van der Waals surface area contributed by atoms with E-state index in [4.69, 9.17) is 15.0 Å². The fraction of sp³-hybridized carbons (Fsp3) is 0. The highest BCUT2D eigenvalue weighted by atomic mass is 31.2. The van der Waals surface area contributed by atoms with Crippen molar-refractivity contribution in [2.75, 3.05) is 0 Å². The van der Waals surface area contributed by atoms with E-state index in [-0.39, 0.29) is 0 Å². The first-order chi connectivity index (χ1) is 27.6. The third kappa shape index (κ3) is 5.88. The minimum Gasteiger partial charge on any atom is -0.309 e. The van der Waals surface area contributed by atoms with E-state index >= 15 is 0 Å². The number of fused-ring (bicyclic) bond motifs is 4. The van der Waals surface area contributed by atoms with Gasteiger partial charge in [-0.3, -0.25) is 0 Å². The molecule has 0 spiro atoms. The third-order valence-corrected chi connectivity index (χ3v) is 13.7. The molecule has 0 bridgehead atoms. The van der Waals surface area contributed by atoms with Gasteiger partial charge in [-0.05, 0) is 39.6 Å². The molecule has 4 nitrogen and oxygen atoms in total. The molecule has 56 heavy (non-hydrogen) atoms. The molecule has 2 aromatic heterocycles. The Morgan fingerprint density at radius 1 is 0.393 bits per heavy atom. The van der Waals surface area contributed by atoms with Gasteiger partial charge in [0.05, 0.1) is 11.2 Å². The zero-order valence-corrected chi connectivity index (χ0v) is 31.2. The molecule has 0 atom stereocenters. The Kier molecular flexibility index (Phi) is 8.40. The summed E-state index contributed by atoms with van der Waals surface area (Å²) in [6.45, 7) is 0. The predicted molar refractivity (Wildman–Crippen MR) is 233 cm³/mol. The second-order valence-electron chi connectivity index (χ2n) is 14.0. The number of hydrogen-bond donors (Lipinski definition) is 0. The van der Waals surface area contributed by atoms with Crippen molar-refractivity contribution in [3.05, 3.63) is 207 Å². The fourth-order valence-electron chi connectivity index (χ4n) is 7.82. The van der Waals surface area contributed by atoms with Crippen LogP contribution in [0.3, 0.4) is 0 Å². The van der Waals surface area contributed by atoms with E-state index in [1.165, 1.54) is 21.7 Å². The molecular formula is C51H34N3OP. The molecule has 10 aromatic rings. The number of aromatic nitrogens is 3. The van der Waals surface area contributed by atoms with Crippen molar-refractivity contribution in [2.45, 2.75) is 0 Å². The number of nitrogens with zero attached hydrogens (tertiary/aromatic N) is 3. The SMILES string of the molecule is O=P(c1ccccc1)(c1ccccc1)c1ccc(-c2cnc(-c3ccc4c(c3)nc(-c3ccc5ccccc5c3)c3cccc(-c5ccccc5)c34)nc2)cc1. The van der Waals surface area contributed by atoms with Crippen LogP contribution in [-0.4, -0.2) is 15.0 Å². The molecule has 10 rings (SSSR count). The number of rotatable bonds is 7. The highest BCUT2D eigenvalue weighted by Crippen LogP contribution is 2.43. The van der Waals surface area contributed by atoms with Gasteiger partial charge in [0, 0.05) is 61.2 Å². The molecule has 264 valence electrons. The molecule has 0 aliphatic rings. The Morgan fingerprint density at radius 2 is 0.982 bits per heavy atom. The van der Waals surface area contributed by atoms with Crippen LogP contribution in [0.2, 0.25) is 0 Å². The van der Waals surface area contributed by atoms with Gasteiger partial charge in [0.15, 0.2) is 13.0 Å². The summed E-state index contributed by atoms with van der Waals surface area (Å²) in [5, 5.41) is 8.13. The molecule has 0 amide bonds. The van der Waals surface area contributed by atoms with Crippen molar-refractivity contribution in [2.24, 2.45) is 0 Å². The summed E-state index contributed by atoms with van der Waals surface area (Å²) >= 11 is 0. The normalized spacial score (nSPS) is 11.6. The van der Waals surface area contributed by atoms with Crippen LogP contribution in [-0.2, 0) is 4.57 Å². The minimum atomic E-state index is -3.06. The van der Waals surface area contributed by atoms with Crippen LogP contribution in [0.25, 0.3) is 77.3 Å². The first-order valence-electron chi connectivity index (χ1n) is 18.7. The lowest BCUT2D eigenvalue weighted by Gasteiger charge is -2.20. The summed E-state index contributed by atoms with van der Waals surface area (Å²) in [4.78, 5) is 15.1. The molecule has 0 N–H and O–H groups in total. The predicted octanol–water partition coefficient (Wildman–Crippen LogP) is 11.6. The second-order valence-corrected chi connectivity index (χ2v) is 16.7. The Morgan fingerprint density at radius 3 is 1.68 bits per heavy atom. The van der Waals surface area contributed by atoms with E-state index in [9.17, 15) is 4.57 Å². The summed E-state index contributed by atoms with van der Waals surface area (Å²) in [5.41, 5.74) is 7.94. The highest BCUT2D eigenvalue weighted by molar-refractivity contribution is 7.85. The highest BCUT2D eigenvalue weighted by Gasteiger charge is 2.29. The van der Waals surface area contributed by atoms with Gasteiger partial charge < -0.3 is 4.57 Å². The summed E-state index contributed by atoms with van der Waals surface area (Å²) in [6.07, 6.45) is 3.72. The lowest BCUT2D eigenvalue weighted by molar-refractivity contribution is 0.592. The van der Waals surface area contributed by atoms with Crippen molar-refractivity contribution in [1.82, 2.24) is 15.0 Å². The Balaban J connectivity index is 1.04. The van der Waals surface area contributed by atoms with Gasteiger partial charge in [0.2, 0.25) is 0 Å². The monoisotopic (exact) mass is 735 g/mol. The molecule has 0 aliphatic heterocycles. The van der Waals surface area contributed by atoms with Gasteiger partial charge in [0.1, 0.15) is 0 Å². The molecule has 0 unspecified atom stereocenters. The van der Waals surface area contributed by atoms with Gasteiger partial charge in [0.25, 0.3) is 0 Å². The maximum atomic E-state index is 14.8. The summed E-state index contributed by atoms with van der Waals surface area (Å²) in [6, 6.07) is 65.9. The van der Waals surface area contributed by atoms with E-state index in [0.29, 0.717) is 5.82 Å². The quantitative estimate of drug-likeness (QED) is 0.121. The number of pyridine rings is 1. The molecule has 0 fully saturated rings. The summed E-state index contributed by atoms with van der Waals surface area (Å²) in [5.74, 6) is 0.621. The van der Waals surface area contributed by atoms with Gasteiger partial charge in [-0.15, -0.1) is 0 Å². The first-order valence-corrected chi connectivity index (χ1v) is 20.4. The Hall–Kier alpha value is -7.00. The largest absolute Gasteiger partial charge is 0.309 e. The average molecular weight is 736 g/mol. The van der Waals surface area contributed by atoms with E-state index in [1.807, 2.05) is 97.3 Å². The van der Waals surface area contributed by atoms with E-state index in [2.05, 4.69) is 109 Å². The van der Waals surface area contributed by atoms with Crippen LogP contribution in [0.4, 0.5) is 0 Å². The second kappa shape index (κ2) is 14.0. The van der Waals surface area contributed by atoms with Gasteiger partial charge in [-0.2, -0.15) is 0 Å². The third-order valence-electron chi connectivity index (χ3n) is 10.6. The van der Waals surface area contributed by atoms with Crippen molar-refractivity contribution < 1.29 is 4.57 Å². The molecule has 0 aliphatic carbocycles. The molecule has 8 aromatic carbocycles. The number of hydrogen-bond acceptors (Lipinski definition) is 4. The maximum absolute atomic E-state index is 14.8. The van der Waals surface area contributed by atoms with E-state index in [1.54, 1.807) is 0 Å². The van der Waals surface area contributed by atoms with Gasteiger partial charge in [-0.1, -0.05) is 182 Å². The molecular weight excluding hydrogens is 702 g/mol. The van der Waals surface area contributed by atoms with Gasteiger partial charge >= 0.3 is 0 Å². The standard InChI is InChI=1S/C51H34N3OP/c55-56(42-17-6-2-7-18-42,43-19-8-3-9-20-43)44-28-25-36(26-29-44)41-33-52-51(53-34-41)40-27-30-46-48(32-40)54-50(39-24-23-35-13-10-11-16-38(35)31-39)47-22-12-21-45(49(46)47)37-14-4-1-5-15-37/h1-34H. The summed E-state index contributed by atoms with van der Waals surface area (Å²) in [7, 11) is -3.06. The van der Waals surface area contributed by atoms with Crippen LogP contribution < -0.4 is 15.9 Å². The van der Waals surface area contributed by atoms with Crippen LogP contribution in [0.15, 0.2) is 207 Å². The Labute approximate surface area is 325 Å². The van der Waals surface area contributed by atoms with Crippen LogP contribution in [0, 0.1) is 0 Å². The lowest BCUT2D eigenvalue weighted by atomic mass is 9.92. The lowest BCUT2D eigenvalue weighted by Crippen LogP contribution is -2.24.